The molecule has 2 heterocycles. The summed E-state index contributed by atoms with van der Waals surface area (Å²) in [6, 6.07) is 0. The Balaban J connectivity index is 2.05. The molecule has 7 nitrogen and oxygen atoms in total. The van der Waals surface area contributed by atoms with Crippen molar-refractivity contribution in [3.05, 3.63) is 0 Å². The van der Waals surface area contributed by atoms with Gasteiger partial charge in [0, 0.05) is 19.6 Å². The first-order valence-corrected chi connectivity index (χ1v) is 8.32. The van der Waals surface area contributed by atoms with Gasteiger partial charge in [-0.2, -0.15) is 26.7 Å². The second-order valence-electron chi connectivity index (χ2n) is 5.06. The molecule has 8 heteroatoms. The number of rotatable bonds is 7. The summed E-state index contributed by atoms with van der Waals surface area (Å²) in [7, 11) is 0. The third-order valence-electron chi connectivity index (χ3n) is 3.20. The van der Waals surface area contributed by atoms with Crippen LogP contribution in [0.5, 0.6) is 0 Å². The Hall–Kier alpha value is -1.28. The fourth-order valence-electron chi connectivity index (χ4n) is 2.18. The van der Waals surface area contributed by atoms with Crippen LogP contribution in [0.15, 0.2) is 0 Å². The summed E-state index contributed by atoms with van der Waals surface area (Å²) in [4.78, 5) is 15.2. The monoisotopic (exact) mass is 297 g/mol. The molecule has 0 radical (unpaired) electrons. The van der Waals surface area contributed by atoms with Crippen LogP contribution in [0.2, 0.25) is 0 Å². The van der Waals surface area contributed by atoms with E-state index in [1.807, 2.05) is 11.8 Å². The molecule has 0 spiro atoms. The molecule has 0 bridgehead atoms. The molecule has 0 saturated carbocycles. The zero-order valence-corrected chi connectivity index (χ0v) is 12.9. The highest BCUT2D eigenvalue weighted by Crippen LogP contribution is 2.18. The minimum absolute atomic E-state index is 0.405. The van der Waals surface area contributed by atoms with Gasteiger partial charge in [0.05, 0.1) is 0 Å². The lowest BCUT2D eigenvalue weighted by molar-refractivity contribution is 0.696. The predicted octanol–water partition coefficient (Wildman–Crippen LogP) is 1.17. The molecule has 1 saturated heterocycles. The summed E-state index contributed by atoms with van der Waals surface area (Å²) >= 11 is 1.84. The number of hydrazine groups is 1. The minimum atomic E-state index is 0.405. The van der Waals surface area contributed by atoms with E-state index in [0.29, 0.717) is 23.8 Å². The molecule has 1 fully saturated rings. The number of nitrogens with zero attached hydrogens (tertiary/aromatic N) is 4. The van der Waals surface area contributed by atoms with Gasteiger partial charge < -0.3 is 10.2 Å². The summed E-state index contributed by atoms with van der Waals surface area (Å²) in [5.41, 5.74) is 2.51. The minimum Gasteiger partial charge on any atom is -0.354 e. The number of hydrogen-bond acceptors (Lipinski definition) is 8. The lowest BCUT2D eigenvalue weighted by Crippen LogP contribution is -2.24. The Morgan fingerprint density at radius 3 is 2.60 bits per heavy atom. The summed E-state index contributed by atoms with van der Waals surface area (Å²) in [5, 5.41) is 3.27. The molecule has 1 aliphatic heterocycles. The molecule has 0 aliphatic carbocycles. The first-order valence-electron chi connectivity index (χ1n) is 6.93. The zero-order chi connectivity index (χ0) is 14.4. The molecule has 1 atom stereocenters. The van der Waals surface area contributed by atoms with Crippen LogP contribution in [-0.4, -0.2) is 46.6 Å². The number of aromatic nitrogens is 3. The number of anilines is 3. The molecular formula is C12H23N7S. The second-order valence-corrected chi connectivity index (χ2v) is 5.97. The van der Waals surface area contributed by atoms with Crippen molar-refractivity contribution in [2.75, 3.05) is 47.3 Å². The summed E-state index contributed by atoms with van der Waals surface area (Å²) in [6.07, 6.45) is 4.48. The van der Waals surface area contributed by atoms with Gasteiger partial charge in [0.2, 0.25) is 17.8 Å². The van der Waals surface area contributed by atoms with E-state index in [1.54, 1.807) is 0 Å². The summed E-state index contributed by atoms with van der Waals surface area (Å²) < 4.78 is 0. The normalized spacial score (nSPS) is 16.2. The molecule has 20 heavy (non-hydrogen) atoms. The quantitative estimate of drug-likeness (QED) is 0.510. The summed E-state index contributed by atoms with van der Waals surface area (Å²) in [6.45, 7) is 5.04. The maximum Gasteiger partial charge on any atom is 0.243 e. The Bertz CT molecular complexity index is 422. The molecule has 1 aromatic rings. The van der Waals surface area contributed by atoms with E-state index in [1.165, 1.54) is 12.8 Å². The third-order valence-corrected chi connectivity index (χ3v) is 4.10. The average molecular weight is 297 g/mol. The van der Waals surface area contributed by atoms with E-state index < -0.39 is 0 Å². The number of nitrogens with one attached hydrogen (secondary N) is 2. The van der Waals surface area contributed by atoms with Crippen LogP contribution in [-0.2, 0) is 0 Å². The SMILES string of the molecule is CSCC(C)CNc1nc(NN)nc(N2CCCC2)n1. The first kappa shape index (κ1) is 15.1. The van der Waals surface area contributed by atoms with Crippen molar-refractivity contribution in [2.24, 2.45) is 11.8 Å². The van der Waals surface area contributed by atoms with Crippen LogP contribution < -0.4 is 21.5 Å². The van der Waals surface area contributed by atoms with Gasteiger partial charge in [-0.3, -0.25) is 5.43 Å². The van der Waals surface area contributed by atoms with Crippen molar-refractivity contribution >= 4 is 29.6 Å². The van der Waals surface area contributed by atoms with Crippen molar-refractivity contribution in [1.82, 2.24) is 15.0 Å². The van der Waals surface area contributed by atoms with Gasteiger partial charge in [-0.15, -0.1) is 0 Å². The largest absolute Gasteiger partial charge is 0.354 e. The van der Waals surface area contributed by atoms with E-state index in [2.05, 4.69) is 43.8 Å². The van der Waals surface area contributed by atoms with Gasteiger partial charge in [-0.25, -0.2) is 5.84 Å². The highest BCUT2D eigenvalue weighted by molar-refractivity contribution is 7.98. The summed E-state index contributed by atoms with van der Waals surface area (Å²) in [5.74, 6) is 8.80. The highest BCUT2D eigenvalue weighted by atomic mass is 32.2. The fourth-order valence-corrected chi connectivity index (χ4v) is 2.86. The molecular weight excluding hydrogens is 274 g/mol. The van der Waals surface area contributed by atoms with E-state index in [4.69, 9.17) is 5.84 Å². The fraction of sp³-hybridized carbons (Fsp3) is 0.750. The lowest BCUT2D eigenvalue weighted by atomic mass is 10.2. The third kappa shape index (κ3) is 4.11. The van der Waals surface area contributed by atoms with Crippen LogP contribution in [0, 0.1) is 5.92 Å². The predicted molar refractivity (Wildman–Crippen MR) is 85.1 cm³/mol. The van der Waals surface area contributed by atoms with Gasteiger partial charge in [0.25, 0.3) is 0 Å². The highest BCUT2D eigenvalue weighted by Gasteiger charge is 2.17. The van der Waals surface area contributed by atoms with Crippen LogP contribution in [0.1, 0.15) is 19.8 Å². The molecule has 112 valence electrons. The Morgan fingerprint density at radius 1 is 1.25 bits per heavy atom. The Labute approximate surface area is 124 Å². The molecule has 1 aromatic heterocycles. The van der Waals surface area contributed by atoms with Crippen LogP contribution >= 0.6 is 11.8 Å². The van der Waals surface area contributed by atoms with Crippen molar-refractivity contribution in [3.8, 4) is 0 Å². The smallest absolute Gasteiger partial charge is 0.243 e. The number of nitrogens with two attached hydrogens (primary N) is 1. The number of nitrogen functional groups attached to an aromatic ring is 1. The molecule has 2 rings (SSSR count). The van der Waals surface area contributed by atoms with Crippen LogP contribution in [0.3, 0.4) is 0 Å². The van der Waals surface area contributed by atoms with Gasteiger partial charge in [-0.1, -0.05) is 6.92 Å². The Kier molecular flexibility index (Phi) is 5.66. The van der Waals surface area contributed by atoms with E-state index in [0.717, 1.165) is 25.4 Å². The maximum atomic E-state index is 5.44. The van der Waals surface area contributed by atoms with Crippen molar-refractivity contribution in [1.29, 1.82) is 0 Å². The second kappa shape index (κ2) is 7.49. The standard InChI is InChI=1S/C12H23N7S/c1-9(8-20-2)7-14-10-15-11(18-13)17-12(16-10)19-5-3-4-6-19/h9H,3-8,13H2,1-2H3,(H2,14,15,16,17,18). The van der Waals surface area contributed by atoms with Crippen molar-refractivity contribution in [2.45, 2.75) is 19.8 Å². The van der Waals surface area contributed by atoms with E-state index in [-0.39, 0.29) is 0 Å². The number of hydrogen-bond donors (Lipinski definition) is 3. The maximum absolute atomic E-state index is 5.44. The van der Waals surface area contributed by atoms with Crippen LogP contribution in [0.4, 0.5) is 17.8 Å². The van der Waals surface area contributed by atoms with Crippen molar-refractivity contribution in [3.63, 3.8) is 0 Å². The first-order chi connectivity index (χ1) is 9.72. The molecule has 0 amide bonds. The van der Waals surface area contributed by atoms with Crippen LogP contribution in [0.25, 0.3) is 0 Å². The zero-order valence-electron chi connectivity index (χ0n) is 12.1. The average Bonchev–Trinajstić information content (AvgIpc) is 2.99. The van der Waals surface area contributed by atoms with E-state index >= 15 is 0 Å². The van der Waals surface area contributed by atoms with Gasteiger partial charge >= 0.3 is 0 Å². The molecule has 1 aliphatic rings. The lowest BCUT2D eigenvalue weighted by Gasteiger charge is -2.17. The van der Waals surface area contributed by atoms with Gasteiger partial charge in [0.1, 0.15) is 0 Å². The molecule has 4 N–H and O–H groups in total. The number of thioether (sulfide) groups is 1. The van der Waals surface area contributed by atoms with E-state index in [9.17, 15) is 0 Å². The van der Waals surface area contributed by atoms with Crippen molar-refractivity contribution < 1.29 is 0 Å². The molecule has 1 unspecified atom stereocenters. The van der Waals surface area contributed by atoms with Gasteiger partial charge in [0.15, 0.2) is 0 Å². The van der Waals surface area contributed by atoms with Gasteiger partial charge in [-0.05, 0) is 30.8 Å². The topological polar surface area (TPSA) is 92.0 Å². The molecule has 0 aromatic carbocycles. The Morgan fingerprint density at radius 2 is 1.95 bits per heavy atom.